The number of benzene rings is 2. The van der Waals surface area contributed by atoms with Gasteiger partial charge >= 0.3 is 5.97 Å². The van der Waals surface area contributed by atoms with Crippen molar-refractivity contribution in [1.29, 1.82) is 0 Å². The molecule has 144 valence electrons. The molecule has 0 bridgehead atoms. The van der Waals surface area contributed by atoms with E-state index < -0.39 is 0 Å². The van der Waals surface area contributed by atoms with Crippen LogP contribution in [0.5, 0.6) is 5.75 Å². The van der Waals surface area contributed by atoms with E-state index in [1.165, 1.54) is 4.90 Å². The number of hydrogen-bond donors (Lipinski definition) is 2. The van der Waals surface area contributed by atoms with Crippen molar-refractivity contribution in [2.45, 2.75) is 13.8 Å². The molecule has 2 aromatic rings. The highest BCUT2D eigenvalue weighted by Gasteiger charge is 2.10. The monoisotopic (exact) mass is 371 g/mol. The predicted octanol–water partition coefficient (Wildman–Crippen LogP) is 1.79. The van der Waals surface area contributed by atoms with Crippen LogP contribution in [0.15, 0.2) is 54.6 Å². The van der Waals surface area contributed by atoms with Gasteiger partial charge < -0.3 is 19.7 Å². The molecule has 0 heterocycles. The van der Waals surface area contributed by atoms with Gasteiger partial charge in [0.15, 0.2) is 6.61 Å². The Balaban J connectivity index is 1.76. The number of ether oxygens (including phenoxy) is 2. The van der Waals surface area contributed by atoms with Crippen LogP contribution in [0.3, 0.4) is 0 Å². The van der Waals surface area contributed by atoms with E-state index in [4.69, 9.17) is 9.47 Å². The van der Waals surface area contributed by atoms with Crippen molar-refractivity contribution in [1.82, 2.24) is 0 Å². The van der Waals surface area contributed by atoms with Gasteiger partial charge in [-0.1, -0.05) is 18.2 Å². The lowest BCUT2D eigenvalue weighted by Crippen LogP contribution is -3.11. The molecule has 2 N–H and O–H groups in total. The molecule has 2 rings (SSSR count). The van der Waals surface area contributed by atoms with Crippen LogP contribution in [0.2, 0.25) is 0 Å². The topological polar surface area (TPSA) is 69.1 Å². The van der Waals surface area contributed by atoms with Crippen LogP contribution in [-0.4, -0.2) is 44.7 Å². The molecule has 0 aliphatic carbocycles. The van der Waals surface area contributed by atoms with Crippen LogP contribution < -0.4 is 15.0 Å². The van der Waals surface area contributed by atoms with E-state index in [1.807, 2.05) is 18.2 Å². The van der Waals surface area contributed by atoms with Gasteiger partial charge in [0.25, 0.3) is 5.91 Å². The van der Waals surface area contributed by atoms with Crippen LogP contribution in [0.1, 0.15) is 24.2 Å². The average Bonchev–Trinajstić information content (AvgIpc) is 2.71. The summed E-state index contributed by atoms with van der Waals surface area (Å²) in [4.78, 5) is 25.4. The molecule has 2 aromatic carbocycles. The highest BCUT2D eigenvalue weighted by molar-refractivity contribution is 5.93. The first-order valence-electron chi connectivity index (χ1n) is 9.20. The first-order valence-corrected chi connectivity index (χ1v) is 9.20. The fraction of sp³-hybridized carbons (Fsp3) is 0.333. The lowest BCUT2D eigenvalue weighted by Gasteiger charge is -2.15. The minimum Gasteiger partial charge on any atom is -0.484 e. The number of anilines is 1. The Morgan fingerprint density at radius 1 is 0.963 bits per heavy atom. The van der Waals surface area contributed by atoms with Crippen LogP contribution >= 0.6 is 0 Å². The van der Waals surface area contributed by atoms with Gasteiger partial charge in [-0.25, -0.2) is 4.79 Å². The summed E-state index contributed by atoms with van der Waals surface area (Å²) >= 11 is 0. The largest absolute Gasteiger partial charge is 0.484 e. The van der Waals surface area contributed by atoms with E-state index in [-0.39, 0.29) is 18.5 Å². The second-order valence-corrected chi connectivity index (χ2v) is 6.07. The van der Waals surface area contributed by atoms with E-state index in [2.05, 4.69) is 19.2 Å². The van der Waals surface area contributed by atoms with Crippen LogP contribution in [0, 0.1) is 0 Å². The first kappa shape index (κ1) is 20.5. The van der Waals surface area contributed by atoms with E-state index in [0.717, 1.165) is 19.6 Å². The third kappa shape index (κ3) is 7.11. The van der Waals surface area contributed by atoms with Crippen molar-refractivity contribution in [2.75, 3.05) is 38.2 Å². The molecule has 1 amide bonds. The molecule has 0 saturated carbocycles. The van der Waals surface area contributed by atoms with Gasteiger partial charge in [0.1, 0.15) is 18.9 Å². The number of amides is 1. The second-order valence-electron chi connectivity index (χ2n) is 6.07. The molecule has 0 radical (unpaired) electrons. The summed E-state index contributed by atoms with van der Waals surface area (Å²) in [5.41, 5.74) is 1.06. The Bertz CT molecular complexity index is 713. The van der Waals surface area contributed by atoms with Crippen LogP contribution in [-0.2, 0) is 9.53 Å². The third-order valence-electron chi connectivity index (χ3n) is 4.21. The van der Waals surface area contributed by atoms with Crippen LogP contribution in [0.25, 0.3) is 0 Å². The highest BCUT2D eigenvalue weighted by atomic mass is 16.5. The highest BCUT2D eigenvalue weighted by Crippen LogP contribution is 2.11. The van der Waals surface area contributed by atoms with Gasteiger partial charge in [0, 0.05) is 5.69 Å². The van der Waals surface area contributed by atoms with Crippen molar-refractivity contribution in [3.05, 3.63) is 60.2 Å². The molecule has 0 fully saturated rings. The molecule has 0 atom stereocenters. The fourth-order valence-corrected chi connectivity index (χ4v) is 2.53. The predicted molar refractivity (Wildman–Crippen MR) is 104 cm³/mol. The third-order valence-corrected chi connectivity index (χ3v) is 4.21. The van der Waals surface area contributed by atoms with Crippen molar-refractivity contribution in [3.63, 3.8) is 0 Å². The summed E-state index contributed by atoms with van der Waals surface area (Å²) in [5.74, 6) is 0.0144. The zero-order valence-electron chi connectivity index (χ0n) is 15.9. The van der Waals surface area contributed by atoms with Crippen molar-refractivity contribution < 1.29 is 24.0 Å². The molecule has 0 saturated heterocycles. The number of para-hydroxylation sites is 1. The van der Waals surface area contributed by atoms with Gasteiger partial charge in [-0.15, -0.1) is 0 Å². The minimum atomic E-state index is -0.355. The molecule has 27 heavy (non-hydrogen) atoms. The molecule has 0 spiro atoms. The summed E-state index contributed by atoms with van der Waals surface area (Å²) in [6.45, 7) is 7.35. The molecule has 6 nitrogen and oxygen atoms in total. The van der Waals surface area contributed by atoms with Gasteiger partial charge in [-0.3, -0.25) is 4.79 Å². The summed E-state index contributed by atoms with van der Waals surface area (Å²) in [5, 5.41) is 2.73. The van der Waals surface area contributed by atoms with Crippen molar-refractivity contribution >= 4 is 17.6 Å². The smallest absolute Gasteiger partial charge is 0.338 e. The lowest BCUT2D eigenvalue weighted by atomic mass is 10.2. The minimum absolute atomic E-state index is 0.0818. The lowest BCUT2D eigenvalue weighted by molar-refractivity contribution is -0.896. The zero-order chi connectivity index (χ0) is 19.5. The molecular formula is C21H27N2O4+. The molecular weight excluding hydrogens is 344 g/mol. The molecule has 0 unspecified atom stereocenters. The standard InChI is InChI=1S/C21H26N2O4/c1-3-23(4-2)14-15-26-21(25)17-10-12-18(13-11-17)22-20(24)16-27-19-8-6-5-7-9-19/h5-13H,3-4,14-16H2,1-2H3,(H,22,24)/p+1. The Labute approximate surface area is 160 Å². The summed E-state index contributed by atoms with van der Waals surface area (Å²) < 4.78 is 10.7. The normalized spacial score (nSPS) is 10.5. The second kappa shape index (κ2) is 11.0. The number of carbonyl (C=O) groups is 2. The summed E-state index contributed by atoms with van der Waals surface area (Å²) in [6.07, 6.45) is 0. The molecule has 0 aliphatic heterocycles. The summed E-state index contributed by atoms with van der Waals surface area (Å²) in [7, 11) is 0. The zero-order valence-corrected chi connectivity index (χ0v) is 15.9. The molecule has 0 aromatic heterocycles. The number of esters is 1. The Morgan fingerprint density at radius 2 is 1.63 bits per heavy atom. The Morgan fingerprint density at radius 3 is 2.26 bits per heavy atom. The number of likely N-dealkylation sites (N-methyl/N-ethyl adjacent to an activating group) is 1. The first-order chi connectivity index (χ1) is 13.1. The molecule has 0 aliphatic rings. The number of rotatable bonds is 10. The average molecular weight is 371 g/mol. The summed E-state index contributed by atoms with van der Waals surface area (Å²) in [6, 6.07) is 15.8. The van der Waals surface area contributed by atoms with Gasteiger partial charge in [0.2, 0.25) is 0 Å². The quantitative estimate of drug-likeness (QED) is 0.625. The maximum Gasteiger partial charge on any atom is 0.338 e. The Hall–Kier alpha value is -2.86. The fourth-order valence-electron chi connectivity index (χ4n) is 2.53. The van der Waals surface area contributed by atoms with Gasteiger partial charge in [-0.2, -0.15) is 0 Å². The number of nitrogens with one attached hydrogen (secondary N) is 2. The van der Waals surface area contributed by atoms with Crippen LogP contribution in [0.4, 0.5) is 5.69 Å². The van der Waals surface area contributed by atoms with E-state index in [9.17, 15) is 9.59 Å². The van der Waals surface area contributed by atoms with Gasteiger partial charge in [-0.05, 0) is 50.2 Å². The van der Waals surface area contributed by atoms with Gasteiger partial charge in [0.05, 0.1) is 18.7 Å². The maximum absolute atomic E-state index is 12.1. The van der Waals surface area contributed by atoms with Crippen molar-refractivity contribution in [2.24, 2.45) is 0 Å². The SMILES string of the molecule is CC[NH+](CC)CCOC(=O)c1ccc(NC(=O)COc2ccccc2)cc1. The van der Waals surface area contributed by atoms with Crippen molar-refractivity contribution in [3.8, 4) is 5.75 Å². The van der Waals surface area contributed by atoms with E-state index >= 15 is 0 Å². The van der Waals surface area contributed by atoms with E-state index in [1.54, 1.807) is 36.4 Å². The Kier molecular flexibility index (Phi) is 8.32. The number of hydrogen-bond acceptors (Lipinski definition) is 4. The molecule has 6 heteroatoms. The number of carbonyl (C=O) groups excluding carboxylic acids is 2. The maximum atomic E-state index is 12.1. The number of quaternary nitrogens is 1. The van der Waals surface area contributed by atoms with E-state index in [0.29, 0.717) is 23.6 Å².